The fourth-order valence-electron chi connectivity index (χ4n) is 5.79. The highest BCUT2D eigenvalue weighted by Gasteiger charge is 2.42. The third-order valence-corrected chi connectivity index (χ3v) is 8.29. The largest absolute Gasteiger partial charge is 0.485 e. The summed E-state index contributed by atoms with van der Waals surface area (Å²) in [7, 11) is 4.15. The molecule has 2 fully saturated rings. The molecule has 1 saturated carbocycles. The van der Waals surface area contributed by atoms with Gasteiger partial charge in [-0.3, -0.25) is 9.80 Å². The van der Waals surface area contributed by atoms with Crippen LogP contribution in [0.2, 0.25) is 5.02 Å². The molecule has 1 aliphatic carbocycles. The number of benzene rings is 2. The molecule has 1 aliphatic heterocycles. The Morgan fingerprint density at radius 3 is 2.32 bits per heavy atom. The maximum Gasteiger partial charge on any atom is 0.408 e. The van der Waals surface area contributed by atoms with E-state index >= 15 is 0 Å². The van der Waals surface area contributed by atoms with E-state index in [2.05, 4.69) is 31.1 Å². The molecule has 0 spiro atoms. The van der Waals surface area contributed by atoms with Gasteiger partial charge < -0.3 is 14.9 Å². The van der Waals surface area contributed by atoms with Crippen LogP contribution in [0.1, 0.15) is 43.2 Å². The second-order valence-corrected chi connectivity index (χ2v) is 10.6. The first-order valence-electron chi connectivity index (χ1n) is 12.3. The minimum Gasteiger partial charge on any atom is -0.485 e. The summed E-state index contributed by atoms with van der Waals surface area (Å²) in [6.07, 6.45) is 1.48. The summed E-state index contributed by atoms with van der Waals surface area (Å²) in [4.78, 5) is 25.8. The first-order valence-corrected chi connectivity index (χ1v) is 12.7. The second-order valence-electron chi connectivity index (χ2n) is 10.2. The molecule has 0 radical (unpaired) electrons. The van der Waals surface area contributed by atoms with Gasteiger partial charge in [-0.1, -0.05) is 41.9 Å². The molecule has 200 valence electrons. The van der Waals surface area contributed by atoms with E-state index in [-0.39, 0.29) is 35.2 Å². The topological polar surface area (TPSA) is 90.3 Å². The fraction of sp³-hybridized carbons (Fsp3) is 0.481. The molecule has 2 aromatic rings. The monoisotopic (exact) mass is 536 g/mol. The smallest absolute Gasteiger partial charge is 0.408 e. The number of carboxylic acids is 1. The molecule has 2 aliphatic rings. The lowest BCUT2D eigenvalue weighted by Gasteiger charge is -2.45. The van der Waals surface area contributed by atoms with Gasteiger partial charge in [0.25, 0.3) is 0 Å². The number of ether oxygens (including phenoxy) is 1. The molecule has 4 rings (SSSR count). The Bertz CT molecular complexity index is 1130. The van der Waals surface area contributed by atoms with Crippen LogP contribution in [0.5, 0.6) is 5.75 Å². The summed E-state index contributed by atoms with van der Waals surface area (Å²) in [6.45, 7) is -0.264. The summed E-state index contributed by atoms with van der Waals surface area (Å²) < 4.78 is 35.1. The van der Waals surface area contributed by atoms with E-state index < -0.39 is 35.8 Å². The zero-order valence-electron chi connectivity index (χ0n) is 20.8. The van der Waals surface area contributed by atoms with Crippen molar-refractivity contribution in [2.24, 2.45) is 5.92 Å². The third-order valence-electron chi connectivity index (χ3n) is 7.88. The van der Waals surface area contributed by atoms with Crippen molar-refractivity contribution in [3.05, 3.63) is 64.2 Å². The van der Waals surface area contributed by atoms with Crippen molar-refractivity contribution >= 4 is 23.7 Å². The number of nitrogens with zero attached hydrogens (tertiary/aromatic N) is 2. The molecule has 2 N–H and O–H groups in total. The number of aliphatic carboxylic acids is 1. The predicted octanol–water partition coefficient (Wildman–Crippen LogP) is 5.39. The fourth-order valence-corrected chi connectivity index (χ4v) is 6.00. The number of amides is 1. The lowest BCUT2D eigenvalue weighted by molar-refractivity contribution is -0.141. The second kappa shape index (κ2) is 10.8. The van der Waals surface area contributed by atoms with E-state index in [1.807, 2.05) is 18.2 Å². The van der Waals surface area contributed by atoms with Crippen LogP contribution in [0.25, 0.3) is 0 Å². The first kappa shape index (κ1) is 27.1. The zero-order chi connectivity index (χ0) is 26.9. The Balaban J connectivity index is 1.49. The van der Waals surface area contributed by atoms with Crippen molar-refractivity contribution in [2.45, 2.75) is 56.2 Å². The number of halogens is 3. The number of hydrogen-bond donors (Lipinski definition) is 2. The molecule has 7 nitrogen and oxygen atoms in total. The first-order chi connectivity index (χ1) is 17.5. The van der Waals surface area contributed by atoms with Gasteiger partial charge in [-0.25, -0.2) is 14.0 Å². The number of carbonyl (C=O) groups is 2. The van der Waals surface area contributed by atoms with Gasteiger partial charge in [-0.2, -0.15) is 4.39 Å². The predicted molar refractivity (Wildman–Crippen MR) is 134 cm³/mol. The minimum atomic E-state index is -1.41. The van der Waals surface area contributed by atoms with Crippen LogP contribution in [0, 0.1) is 17.6 Å². The standard InChI is InChI=1S/C27H31ClF2N2O5/c1-31(2)27(18-6-4-3-5-7-18)10-8-16(9-11-27)12-17-13-21(23(29)24(30)22(17)28)37-19-14-20(25(33)34)32(15-19)26(35)36/h3-7,13,16,19-20H,8-12,14-15H2,1-2H3,(H,33,34)(H,35,36)/t16?,19-,20-,27?/m0/s1. The number of hydrogen-bond acceptors (Lipinski definition) is 4. The molecule has 1 amide bonds. The normalized spacial score (nSPS) is 25.9. The summed E-state index contributed by atoms with van der Waals surface area (Å²) in [6, 6.07) is 10.4. The molecule has 1 heterocycles. The minimum absolute atomic E-state index is 0.0942. The number of likely N-dealkylation sites (tertiary alicyclic amines) is 1. The van der Waals surface area contributed by atoms with Crippen molar-refractivity contribution in [3.8, 4) is 5.75 Å². The molecule has 37 heavy (non-hydrogen) atoms. The van der Waals surface area contributed by atoms with E-state index in [9.17, 15) is 28.6 Å². The molecule has 2 atom stereocenters. The molecule has 0 unspecified atom stereocenters. The van der Waals surface area contributed by atoms with Crippen LogP contribution in [-0.2, 0) is 16.8 Å². The van der Waals surface area contributed by atoms with Crippen LogP contribution >= 0.6 is 11.6 Å². The van der Waals surface area contributed by atoms with E-state index in [0.717, 1.165) is 30.6 Å². The average Bonchev–Trinajstić information content (AvgIpc) is 3.31. The SMILES string of the molecule is CN(C)C1(c2ccccc2)CCC(Cc2cc(O[C@H]3C[C@@H](C(=O)O)N(C(=O)O)C3)c(F)c(F)c2Cl)CC1. The van der Waals surface area contributed by atoms with Crippen molar-refractivity contribution in [1.29, 1.82) is 0 Å². The van der Waals surface area contributed by atoms with Crippen LogP contribution in [-0.4, -0.2) is 64.9 Å². The van der Waals surface area contributed by atoms with Gasteiger partial charge in [0.05, 0.1) is 11.6 Å². The highest BCUT2D eigenvalue weighted by atomic mass is 35.5. The molecule has 0 bridgehead atoms. The molecule has 0 aromatic heterocycles. The molecular formula is C27H31ClF2N2O5. The molecule has 1 saturated heterocycles. The van der Waals surface area contributed by atoms with Crippen molar-refractivity contribution in [1.82, 2.24) is 9.80 Å². The highest BCUT2D eigenvalue weighted by molar-refractivity contribution is 6.31. The quantitative estimate of drug-likeness (QED) is 0.461. The Morgan fingerprint density at radius 1 is 1.14 bits per heavy atom. The Labute approximate surface area is 219 Å². The van der Waals surface area contributed by atoms with Crippen molar-refractivity contribution in [3.63, 3.8) is 0 Å². The van der Waals surface area contributed by atoms with Gasteiger partial charge in [0.2, 0.25) is 5.82 Å². The van der Waals surface area contributed by atoms with Crippen LogP contribution < -0.4 is 4.74 Å². The van der Waals surface area contributed by atoms with E-state index in [1.165, 1.54) is 11.6 Å². The Kier molecular flexibility index (Phi) is 7.94. The maximum atomic E-state index is 14.7. The van der Waals surface area contributed by atoms with Crippen LogP contribution in [0.3, 0.4) is 0 Å². The molecule has 10 heteroatoms. The van der Waals surface area contributed by atoms with Gasteiger partial charge in [-0.15, -0.1) is 0 Å². The van der Waals surface area contributed by atoms with Crippen molar-refractivity contribution in [2.75, 3.05) is 20.6 Å². The summed E-state index contributed by atoms with van der Waals surface area (Å²) in [5, 5.41) is 18.3. The van der Waals surface area contributed by atoms with Crippen LogP contribution in [0.15, 0.2) is 36.4 Å². The number of rotatable bonds is 7. The van der Waals surface area contributed by atoms with E-state index in [1.54, 1.807) is 0 Å². The average molecular weight is 537 g/mol. The highest BCUT2D eigenvalue weighted by Crippen LogP contribution is 2.44. The van der Waals surface area contributed by atoms with Gasteiger partial charge in [0.1, 0.15) is 12.1 Å². The summed E-state index contributed by atoms with van der Waals surface area (Å²) in [5.74, 6) is -3.99. The van der Waals surface area contributed by atoms with Gasteiger partial charge in [-0.05, 0) is 69.3 Å². The van der Waals surface area contributed by atoms with Gasteiger partial charge in [0.15, 0.2) is 11.6 Å². The van der Waals surface area contributed by atoms with Gasteiger partial charge >= 0.3 is 12.1 Å². The van der Waals surface area contributed by atoms with Gasteiger partial charge in [0, 0.05) is 12.0 Å². The Hall–Kier alpha value is -2.91. The van der Waals surface area contributed by atoms with Crippen LogP contribution in [0.4, 0.5) is 13.6 Å². The number of carboxylic acid groups (broad SMARTS) is 2. The zero-order valence-corrected chi connectivity index (χ0v) is 21.5. The Morgan fingerprint density at radius 2 is 1.78 bits per heavy atom. The molecule has 2 aromatic carbocycles. The summed E-state index contributed by atoms with van der Waals surface area (Å²) >= 11 is 6.20. The molecular weight excluding hydrogens is 506 g/mol. The lowest BCUT2D eigenvalue weighted by atomic mass is 9.70. The maximum absolute atomic E-state index is 14.7. The van der Waals surface area contributed by atoms with Crippen molar-refractivity contribution < 1.29 is 33.3 Å². The van der Waals surface area contributed by atoms with E-state index in [0.29, 0.717) is 12.0 Å². The summed E-state index contributed by atoms with van der Waals surface area (Å²) in [5.41, 5.74) is 1.58. The third kappa shape index (κ3) is 5.38. The van der Waals surface area contributed by atoms with E-state index in [4.69, 9.17) is 16.3 Å². The lowest BCUT2D eigenvalue weighted by Crippen LogP contribution is -2.44.